The largest absolute Gasteiger partial charge is 0.448 e. The number of benzene rings is 2. The van der Waals surface area contributed by atoms with Crippen LogP contribution in [0.5, 0.6) is 0 Å². The van der Waals surface area contributed by atoms with Crippen LogP contribution in [0.25, 0.3) is 10.2 Å². The molecular formula is C31H31N7O5S. The minimum atomic E-state index is -0.737. The lowest BCUT2D eigenvalue weighted by atomic mass is 9.94. The Bertz CT molecular complexity index is 1860. The van der Waals surface area contributed by atoms with Crippen LogP contribution >= 0.6 is 11.3 Å². The van der Waals surface area contributed by atoms with E-state index in [0.29, 0.717) is 21.5 Å². The number of thiophene rings is 1. The number of nitrogens with one attached hydrogen (secondary N) is 3. The van der Waals surface area contributed by atoms with Crippen LogP contribution < -0.4 is 16.0 Å². The number of rotatable bonds is 9. The first-order chi connectivity index (χ1) is 21.1. The number of hydrogen-bond donors (Lipinski definition) is 3. The molecule has 0 aliphatic carbocycles. The molecule has 3 N–H and O–H groups in total. The lowest BCUT2D eigenvalue weighted by molar-refractivity contribution is 0.0915. The van der Waals surface area contributed by atoms with Crippen LogP contribution in [-0.4, -0.2) is 49.8 Å². The van der Waals surface area contributed by atoms with E-state index in [1.165, 1.54) is 6.20 Å². The predicted octanol–water partition coefficient (Wildman–Crippen LogP) is 5.40. The molecular weight excluding hydrogens is 582 g/mol. The number of carbonyl (C=O) groups is 4. The number of imidazole rings is 1. The fourth-order valence-electron chi connectivity index (χ4n) is 4.49. The predicted molar refractivity (Wildman–Crippen MR) is 167 cm³/mol. The Hall–Kier alpha value is -5.30. The van der Waals surface area contributed by atoms with Crippen molar-refractivity contribution < 1.29 is 23.9 Å². The molecule has 0 saturated heterocycles. The van der Waals surface area contributed by atoms with Crippen molar-refractivity contribution in [2.45, 2.75) is 32.7 Å². The molecule has 226 valence electrons. The van der Waals surface area contributed by atoms with E-state index < -0.39 is 23.4 Å². The van der Waals surface area contributed by atoms with Crippen molar-refractivity contribution in [3.63, 3.8) is 0 Å². The molecule has 3 heterocycles. The summed E-state index contributed by atoms with van der Waals surface area (Å²) in [5, 5.41) is 13.2. The molecule has 13 heteroatoms. The molecule has 0 saturated carbocycles. The Morgan fingerprint density at radius 2 is 1.68 bits per heavy atom. The molecule has 0 atom stereocenters. The van der Waals surface area contributed by atoms with Gasteiger partial charge in [-0.1, -0.05) is 49.4 Å². The molecule has 12 nitrogen and oxygen atoms in total. The van der Waals surface area contributed by atoms with E-state index in [4.69, 9.17) is 4.74 Å². The van der Waals surface area contributed by atoms with Crippen molar-refractivity contribution in [3.8, 4) is 0 Å². The van der Waals surface area contributed by atoms with Gasteiger partial charge in [0.15, 0.2) is 11.6 Å². The fraction of sp³-hybridized carbons (Fsp3) is 0.226. The third-order valence-electron chi connectivity index (χ3n) is 6.78. The van der Waals surface area contributed by atoms with Crippen molar-refractivity contribution in [1.29, 1.82) is 0 Å². The summed E-state index contributed by atoms with van der Waals surface area (Å²) in [7, 11) is 1.69. The molecule has 0 spiro atoms. The number of aryl methyl sites for hydroxylation is 1. The number of hydrogen-bond acceptors (Lipinski definition) is 8. The maximum absolute atomic E-state index is 13.5. The molecule has 0 bridgehead atoms. The van der Waals surface area contributed by atoms with Gasteiger partial charge in [0.05, 0.1) is 33.7 Å². The first-order valence-corrected chi connectivity index (χ1v) is 14.7. The van der Waals surface area contributed by atoms with Gasteiger partial charge in [0, 0.05) is 19.4 Å². The van der Waals surface area contributed by atoms with E-state index in [2.05, 4.69) is 26.0 Å². The zero-order chi connectivity index (χ0) is 31.4. The van der Waals surface area contributed by atoms with Gasteiger partial charge in [-0.3, -0.25) is 14.4 Å². The summed E-state index contributed by atoms with van der Waals surface area (Å²) >= 11 is 1.05. The molecule has 5 aromatic rings. The number of amides is 3. The second kappa shape index (κ2) is 12.5. The van der Waals surface area contributed by atoms with Crippen LogP contribution in [0.2, 0.25) is 0 Å². The molecule has 0 aliphatic rings. The standard InChI is InChI=1S/C31H31N7O5S/c1-5-17-43-30(42)38-29-21(18-23(44-29)27(40)35-31(2,3)19-11-7-6-8-12-19)24(36-38)34-26(39)20-13-9-10-14-22(20)33-28(41)25-32-15-16-37(25)4/h6-16,18H,5,17H2,1-4H3,(H,33,41)(H,35,40)(H,34,36,39). The van der Waals surface area contributed by atoms with Crippen molar-refractivity contribution in [2.75, 3.05) is 17.2 Å². The van der Waals surface area contributed by atoms with Crippen LogP contribution in [0.3, 0.4) is 0 Å². The number of ether oxygens (including phenoxy) is 1. The molecule has 0 unspecified atom stereocenters. The maximum atomic E-state index is 13.5. The summed E-state index contributed by atoms with van der Waals surface area (Å²) in [5.74, 6) is -1.20. The van der Waals surface area contributed by atoms with Crippen molar-refractivity contribution in [2.24, 2.45) is 7.05 Å². The zero-order valence-electron chi connectivity index (χ0n) is 24.6. The topological polar surface area (TPSA) is 149 Å². The number of fused-ring (bicyclic) bond motifs is 1. The van der Waals surface area contributed by atoms with Crippen molar-refractivity contribution in [3.05, 3.63) is 94.9 Å². The first kappa shape index (κ1) is 30.2. The van der Waals surface area contributed by atoms with Crippen LogP contribution in [0.15, 0.2) is 73.1 Å². The Labute approximate surface area is 257 Å². The fourth-order valence-corrected chi connectivity index (χ4v) is 5.48. The highest BCUT2D eigenvalue weighted by molar-refractivity contribution is 7.20. The normalized spacial score (nSPS) is 11.3. The Balaban J connectivity index is 1.45. The number of aromatic nitrogens is 4. The smallest absolute Gasteiger partial charge is 0.436 e. The lowest BCUT2D eigenvalue weighted by Gasteiger charge is -2.26. The second-order valence-electron chi connectivity index (χ2n) is 10.5. The highest BCUT2D eigenvalue weighted by Crippen LogP contribution is 2.33. The van der Waals surface area contributed by atoms with Crippen molar-refractivity contribution in [1.82, 2.24) is 24.6 Å². The molecule has 0 radical (unpaired) electrons. The maximum Gasteiger partial charge on any atom is 0.436 e. The minimum Gasteiger partial charge on any atom is -0.448 e. The van der Waals surface area contributed by atoms with Gasteiger partial charge in [0.25, 0.3) is 17.7 Å². The third-order valence-corrected chi connectivity index (χ3v) is 7.89. The average molecular weight is 614 g/mol. The van der Waals surface area contributed by atoms with Gasteiger partial charge in [-0.25, -0.2) is 9.78 Å². The van der Waals surface area contributed by atoms with E-state index in [0.717, 1.165) is 21.6 Å². The molecule has 3 amide bonds. The molecule has 0 fully saturated rings. The van der Waals surface area contributed by atoms with E-state index in [9.17, 15) is 19.2 Å². The van der Waals surface area contributed by atoms with Gasteiger partial charge in [-0.2, -0.15) is 4.68 Å². The van der Waals surface area contributed by atoms with Gasteiger partial charge >= 0.3 is 6.09 Å². The third kappa shape index (κ3) is 6.22. The summed E-state index contributed by atoms with van der Waals surface area (Å²) in [4.78, 5) is 57.3. The number of para-hydroxylation sites is 1. The Morgan fingerprint density at radius 3 is 2.39 bits per heavy atom. The second-order valence-corrected chi connectivity index (χ2v) is 11.5. The highest BCUT2D eigenvalue weighted by atomic mass is 32.1. The molecule has 2 aromatic carbocycles. The van der Waals surface area contributed by atoms with Gasteiger partial charge in [0.1, 0.15) is 4.83 Å². The van der Waals surface area contributed by atoms with Crippen LogP contribution in [-0.2, 0) is 17.3 Å². The molecule has 5 rings (SSSR count). The highest BCUT2D eigenvalue weighted by Gasteiger charge is 2.28. The summed E-state index contributed by atoms with van der Waals surface area (Å²) < 4.78 is 7.90. The Morgan fingerprint density at radius 1 is 0.955 bits per heavy atom. The molecule has 0 aliphatic heterocycles. The summed E-state index contributed by atoms with van der Waals surface area (Å²) in [5.41, 5.74) is 0.653. The van der Waals surface area contributed by atoms with E-state index in [1.54, 1.807) is 48.1 Å². The summed E-state index contributed by atoms with van der Waals surface area (Å²) in [6, 6.07) is 17.6. The summed E-state index contributed by atoms with van der Waals surface area (Å²) in [6.45, 7) is 5.83. The van der Waals surface area contributed by atoms with Gasteiger partial charge in [-0.05, 0) is 44.0 Å². The number of anilines is 2. The number of carbonyl (C=O) groups excluding carboxylic acids is 4. The lowest BCUT2D eigenvalue weighted by Crippen LogP contribution is -2.40. The number of nitrogens with zero attached hydrogens (tertiary/aromatic N) is 4. The molecule has 44 heavy (non-hydrogen) atoms. The average Bonchev–Trinajstić information content (AvgIpc) is 3.72. The minimum absolute atomic E-state index is 0.0568. The SMILES string of the molecule is CCCOC(=O)n1nc(NC(=O)c2ccccc2NC(=O)c2nccn2C)c2cc(C(=O)NC(C)(C)c3ccccc3)sc21. The first-order valence-electron chi connectivity index (χ1n) is 13.9. The monoisotopic (exact) mass is 613 g/mol. The van der Waals surface area contributed by atoms with Crippen molar-refractivity contribution >= 4 is 56.9 Å². The van der Waals surface area contributed by atoms with Gasteiger partial charge in [-0.15, -0.1) is 16.4 Å². The van der Waals surface area contributed by atoms with E-state index in [-0.39, 0.29) is 35.4 Å². The van der Waals surface area contributed by atoms with E-state index >= 15 is 0 Å². The quantitative estimate of drug-likeness (QED) is 0.202. The van der Waals surface area contributed by atoms with Gasteiger partial charge < -0.3 is 25.3 Å². The molecule has 3 aromatic heterocycles. The Kier molecular flexibility index (Phi) is 8.58. The summed E-state index contributed by atoms with van der Waals surface area (Å²) in [6.07, 6.45) is 3.00. The van der Waals surface area contributed by atoms with Crippen LogP contribution in [0, 0.1) is 0 Å². The van der Waals surface area contributed by atoms with Crippen LogP contribution in [0.4, 0.5) is 16.3 Å². The van der Waals surface area contributed by atoms with Gasteiger partial charge in [0.2, 0.25) is 0 Å². The van der Waals surface area contributed by atoms with Crippen LogP contribution in [0.1, 0.15) is 63.4 Å². The van der Waals surface area contributed by atoms with E-state index in [1.807, 2.05) is 51.1 Å². The zero-order valence-corrected chi connectivity index (χ0v) is 25.4.